The van der Waals surface area contributed by atoms with E-state index in [1.807, 2.05) is 6.92 Å². The topological polar surface area (TPSA) is 44.8 Å². The van der Waals surface area contributed by atoms with Crippen LogP contribution in [0.15, 0.2) is 11.5 Å². The number of unbranched alkanes of at least 4 members (excludes halogenated alkanes) is 1. The molecule has 0 saturated heterocycles. The van der Waals surface area contributed by atoms with E-state index in [1.165, 1.54) is 0 Å². The fourth-order valence-electron chi connectivity index (χ4n) is 1.02. The van der Waals surface area contributed by atoms with Crippen LogP contribution in [0.4, 0.5) is 0 Å². The molecule has 0 aliphatic rings. The lowest BCUT2D eigenvalue weighted by atomic mass is 10.3. The molecule has 0 aromatic rings. The SMILES string of the molecule is CCCCO/C(OCC)=C(/C)C(=O)OCC. The van der Waals surface area contributed by atoms with Crippen molar-refractivity contribution >= 4 is 5.97 Å². The minimum absolute atomic E-state index is 0.286. The summed E-state index contributed by atoms with van der Waals surface area (Å²) >= 11 is 0. The van der Waals surface area contributed by atoms with Gasteiger partial charge < -0.3 is 14.2 Å². The first-order chi connectivity index (χ1) is 7.67. The molecule has 0 aromatic carbocycles. The summed E-state index contributed by atoms with van der Waals surface area (Å²) in [6, 6.07) is 0. The molecule has 0 N–H and O–H groups in total. The van der Waals surface area contributed by atoms with Gasteiger partial charge in [0.25, 0.3) is 5.95 Å². The predicted molar refractivity (Wildman–Crippen MR) is 61.8 cm³/mol. The average molecular weight is 230 g/mol. The van der Waals surface area contributed by atoms with Crippen molar-refractivity contribution in [3.8, 4) is 0 Å². The second-order valence-corrected chi connectivity index (χ2v) is 3.27. The maximum Gasteiger partial charge on any atom is 0.340 e. The zero-order valence-corrected chi connectivity index (χ0v) is 10.7. The van der Waals surface area contributed by atoms with Gasteiger partial charge in [0.15, 0.2) is 0 Å². The molecular weight excluding hydrogens is 208 g/mol. The molecule has 0 saturated carbocycles. The zero-order chi connectivity index (χ0) is 12.4. The van der Waals surface area contributed by atoms with Gasteiger partial charge in [-0.15, -0.1) is 0 Å². The molecule has 0 aliphatic carbocycles. The monoisotopic (exact) mass is 230 g/mol. The van der Waals surface area contributed by atoms with Crippen LogP contribution in [0, 0.1) is 0 Å². The summed E-state index contributed by atoms with van der Waals surface area (Å²) < 4.78 is 15.6. The molecule has 0 spiro atoms. The largest absolute Gasteiger partial charge is 0.465 e. The van der Waals surface area contributed by atoms with E-state index in [0.717, 1.165) is 12.8 Å². The Balaban J connectivity index is 4.44. The molecule has 0 amide bonds. The van der Waals surface area contributed by atoms with Crippen LogP contribution in [-0.2, 0) is 19.0 Å². The summed E-state index contributed by atoms with van der Waals surface area (Å²) in [5.74, 6) is -0.100. The molecule has 0 unspecified atom stereocenters. The van der Waals surface area contributed by atoms with E-state index < -0.39 is 0 Å². The van der Waals surface area contributed by atoms with Crippen LogP contribution in [-0.4, -0.2) is 25.8 Å². The highest BCUT2D eigenvalue weighted by molar-refractivity contribution is 5.87. The van der Waals surface area contributed by atoms with Crippen molar-refractivity contribution in [2.45, 2.75) is 40.5 Å². The highest BCUT2D eigenvalue weighted by Crippen LogP contribution is 2.10. The second-order valence-electron chi connectivity index (χ2n) is 3.27. The van der Waals surface area contributed by atoms with Gasteiger partial charge in [-0.1, -0.05) is 13.3 Å². The van der Waals surface area contributed by atoms with Gasteiger partial charge in [-0.3, -0.25) is 0 Å². The molecule has 4 heteroatoms. The lowest BCUT2D eigenvalue weighted by Crippen LogP contribution is -2.11. The van der Waals surface area contributed by atoms with Gasteiger partial charge >= 0.3 is 5.97 Å². The van der Waals surface area contributed by atoms with Crippen LogP contribution in [0.1, 0.15) is 40.5 Å². The summed E-state index contributed by atoms with van der Waals surface area (Å²) in [6.45, 7) is 8.72. The standard InChI is InChI=1S/C12H22O4/c1-5-8-9-16-12(15-7-3)10(4)11(13)14-6-2/h5-9H2,1-4H3/b12-10-. The molecule has 0 fully saturated rings. The molecule has 0 aliphatic heterocycles. The van der Waals surface area contributed by atoms with Crippen LogP contribution < -0.4 is 0 Å². The van der Waals surface area contributed by atoms with E-state index in [9.17, 15) is 4.79 Å². The van der Waals surface area contributed by atoms with E-state index >= 15 is 0 Å². The van der Waals surface area contributed by atoms with Gasteiger partial charge in [0, 0.05) is 0 Å². The van der Waals surface area contributed by atoms with Crippen molar-refractivity contribution in [2.24, 2.45) is 0 Å². The molecule has 0 bridgehead atoms. The molecule has 0 radical (unpaired) electrons. The smallest absolute Gasteiger partial charge is 0.340 e. The summed E-state index contributed by atoms with van der Waals surface area (Å²) in [5, 5.41) is 0. The minimum Gasteiger partial charge on any atom is -0.465 e. The van der Waals surface area contributed by atoms with E-state index in [-0.39, 0.29) is 11.9 Å². The number of rotatable bonds is 8. The van der Waals surface area contributed by atoms with E-state index in [2.05, 4.69) is 6.92 Å². The van der Waals surface area contributed by atoms with Gasteiger partial charge in [-0.2, -0.15) is 0 Å². The maximum absolute atomic E-state index is 11.5. The zero-order valence-electron chi connectivity index (χ0n) is 10.7. The summed E-state index contributed by atoms with van der Waals surface area (Å²) in [7, 11) is 0. The highest BCUT2D eigenvalue weighted by Gasteiger charge is 2.14. The molecule has 0 atom stereocenters. The van der Waals surface area contributed by atoms with Gasteiger partial charge in [0.2, 0.25) is 0 Å². The quantitative estimate of drug-likeness (QED) is 0.278. The molecule has 0 rings (SSSR count). The Labute approximate surface area is 97.6 Å². The van der Waals surface area contributed by atoms with Crippen molar-refractivity contribution in [2.75, 3.05) is 19.8 Å². The number of carbonyl (C=O) groups is 1. The third-order valence-corrected chi connectivity index (χ3v) is 1.89. The van der Waals surface area contributed by atoms with Crippen LogP contribution >= 0.6 is 0 Å². The Morgan fingerprint density at radius 1 is 1.00 bits per heavy atom. The average Bonchev–Trinajstić information content (AvgIpc) is 2.27. The van der Waals surface area contributed by atoms with Crippen molar-refractivity contribution in [1.82, 2.24) is 0 Å². The number of hydrogen-bond donors (Lipinski definition) is 0. The Morgan fingerprint density at radius 2 is 1.62 bits per heavy atom. The van der Waals surface area contributed by atoms with Crippen LogP contribution in [0.2, 0.25) is 0 Å². The van der Waals surface area contributed by atoms with E-state index in [0.29, 0.717) is 25.4 Å². The lowest BCUT2D eigenvalue weighted by molar-refractivity contribution is -0.139. The van der Waals surface area contributed by atoms with Gasteiger partial charge in [-0.05, 0) is 27.2 Å². The first-order valence-electron chi connectivity index (χ1n) is 5.80. The second kappa shape index (κ2) is 9.07. The lowest BCUT2D eigenvalue weighted by Gasteiger charge is -2.13. The van der Waals surface area contributed by atoms with Crippen molar-refractivity contribution in [1.29, 1.82) is 0 Å². The highest BCUT2D eigenvalue weighted by atomic mass is 16.7. The van der Waals surface area contributed by atoms with Crippen molar-refractivity contribution < 1.29 is 19.0 Å². The Morgan fingerprint density at radius 3 is 2.12 bits per heavy atom. The summed E-state index contributed by atoms with van der Waals surface area (Å²) in [4.78, 5) is 11.5. The molecular formula is C12H22O4. The van der Waals surface area contributed by atoms with Crippen molar-refractivity contribution in [3.63, 3.8) is 0 Å². The summed E-state index contributed by atoms with van der Waals surface area (Å²) in [6.07, 6.45) is 1.98. The third-order valence-electron chi connectivity index (χ3n) is 1.89. The fourth-order valence-corrected chi connectivity index (χ4v) is 1.02. The number of esters is 1. The van der Waals surface area contributed by atoms with Crippen LogP contribution in [0.3, 0.4) is 0 Å². The van der Waals surface area contributed by atoms with E-state index in [4.69, 9.17) is 14.2 Å². The molecule has 0 aromatic heterocycles. The van der Waals surface area contributed by atoms with E-state index in [1.54, 1.807) is 13.8 Å². The van der Waals surface area contributed by atoms with Gasteiger partial charge in [0.05, 0.1) is 19.8 Å². The van der Waals surface area contributed by atoms with Crippen molar-refractivity contribution in [3.05, 3.63) is 11.5 Å². The minimum atomic E-state index is -0.387. The number of ether oxygens (including phenoxy) is 3. The Bertz CT molecular complexity index is 233. The number of carbonyl (C=O) groups excluding carboxylic acids is 1. The fraction of sp³-hybridized carbons (Fsp3) is 0.750. The van der Waals surface area contributed by atoms with Crippen LogP contribution in [0.5, 0.6) is 0 Å². The van der Waals surface area contributed by atoms with Gasteiger partial charge in [-0.25, -0.2) is 4.79 Å². The molecule has 4 nitrogen and oxygen atoms in total. The summed E-state index contributed by atoms with van der Waals surface area (Å²) in [5.41, 5.74) is 0.389. The Hall–Kier alpha value is -1.19. The normalized spacial score (nSPS) is 11.8. The maximum atomic E-state index is 11.5. The van der Waals surface area contributed by atoms with Gasteiger partial charge in [0.1, 0.15) is 5.57 Å². The Kier molecular flexibility index (Phi) is 8.39. The number of hydrogen-bond acceptors (Lipinski definition) is 4. The first-order valence-corrected chi connectivity index (χ1v) is 5.80. The molecule has 94 valence electrons. The van der Waals surface area contributed by atoms with Crippen LogP contribution in [0.25, 0.3) is 0 Å². The predicted octanol–water partition coefficient (Wildman–Crippen LogP) is 2.63. The molecule has 16 heavy (non-hydrogen) atoms. The molecule has 0 heterocycles. The third kappa shape index (κ3) is 5.63. The first kappa shape index (κ1) is 14.8.